The maximum Gasteiger partial charge on any atom is 0.419 e. The molecule has 1 fully saturated rings. The zero-order valence-corrected chi connectivity index (χ0v) is 12.4. The number of benzene rings is 1. The summed E-state index contributed by atoms with van der Waals surface area (Å²) in [6.07, 6.45) is -3.18. The first-order valence-electron chi connectivity index (χ1n) is 6.77. The van der Waals surface area contributed by atoms with Gasteiger partial charge in [0.15, 0.2) is 0 Å². The molecule has 0 radical (unpaired) electrons. The second-order valence-corrected chi connectivity index (χ2v) is 6.97. The fourth-order valence-corrected chi connectivity index (χ4v) is 3.44. The van der Waals surface area contributed by atoms with Crippen molar-refractivity contribution in [2.24, 2.45) is 5.92 Å². The Hall–Kier alpha value is -1.19. The predicted molar refractivity (Wildman–Crippen MR) is 72.2 cm³/mol. The molecule has 1 heterocycles. The number of sulfonamides is 1. The monoisotopic (exact) mass is 340 g/mol. The summed E-state index contributed by atoms with van der Waals surface area (Å²) in [5.74, 6) is -1.41. The first kappa shape index (κ1) is 17.2. The molecule has 1 atom stereocenters. The number of halogens is 4. The minimum absolute atomic E-state index is 0.0889. The molecule has 1 aromatic carbocycles. The Kier molecular flexibility index (Phi) is 5.08. The third-order valence-corrected chi connectivity index (χ3v) is 4.94. The van der Waals surface area contributed by atoms with Crippen molar-refractivity contribution in [2.75, 3.05) is 19.6 Å². The van der Waals surface area contributed by atoms with E-state index in [1.54, 1.807) is 0 Å². The molecule has 0 unspecified atom stereocenters. The van der Waals surface area contributed by atoms with Crippen molar-refractivity contribution in [2.45, 2.75) is 23.9 Å². The van der Waals surface area contributed by atoms with Gasteiger partial charge in [0.05, 0.1) is 10.5 Å². The van der Waals surface area contributed by atoms with Crippen molar-refractivity contribution in [3.05, 3.63) is 29.6 Å². The van der Waals surface area contributed by atoms with Gasteiger partial charge in [-0.2, -0.15) is 13.2 Å². The summed E-state index contributed by atoms with van der Waals surface area (Å²) in [4.78, 5) is -0.593. The number of hydrogen-bond donors (Lipinski definition) is 2. The smallest absolute Gasteiger partial charge is 0.316 e. The molecule has 1 saturated heterocycles. The molecule has 9 heteroatoms. The summed E-state index contributed by atoms with van der Waals surface area (Å²) < 4.78 is 77.5. The maximum absolute atomic E-state index is 13.2. The van der Waals surface area contributed by atoms with Gasteiger partial charge in [0.2, 0.25) is 10.0 Å². The zero-order valence-electron chi connectivity index (χ0n) is 11.6. The van der Waals surface area contributed by atoms with Crippen LogP contribution in [0.25, 0.3) is 0 Å². The average Bonchev–Trinajstić information content (AvgIpc) is 2.45. The number of nitrogens with one attached hydrogen (secondary N) is 2. The number of hydrogen-bond acceptors (Lipinski definition) is 3. The van der Waals surface area contributed by atoms with E-state index in [9.17, 15) is 26.0 Å². The first-order valence-corrected chi connectivity index (χ1v) is 8.25. The van der Waals surface area contributed by atoms with Gasteiger partial charge in [-0.1, -0.05) is 0 Å². The van der Waals surface area contributed by atoms with E-state index in [1.165, 1.54) is 0 Å². The van der Waals surface area contributed by atoms with E-state index in [2.05, 4.69) is 10.0 Å². The SMILES string of the molecule is O=S(=O)(NC[C@@H]1CCCNC1)c1ccc(F)c(C(F)(F)F)c1. The van der Waals surface area contributed by atoms with Crippen LogP contribution in [0.4, 0.5) is 17.6 Å². The van der Waals surface area contributed by atoms with Crippen LogP contribution < -0.4 is 10.0 Å². The highest BCUT2D eigenvalue weighted by atomic mass is 32.2. The van der Waals surface area contributed by atoms with E-state index in [0.29, 0.717) is 18.7 Å². The lowest BCUT2D eigenvalue weighted by Gasteiger charge is -2.22. The van der Waals surface area contributed by atoms with Gasteiger partial charge >= 0.3 is 6.18 Å². The molecule has 1 aliphatic heterocycles. The molecule has 1 aromatic rings. The van der Waals surface area contributed by atoms with Crippen molar-refractivity contribution in [1.82, 2.24) is 10.0 Å². The Labute approximate surface area is 126 Å². The molecular weight excluding hydrogens is 324 g/mol. The van der Waals surface area contributed by atoms with Gasteiger partial charge in [-0.3, -0.25) is 0 Å². The van der Waals surface area contributed by atoms with Crippen LogP contribution >= 0.6 is 0 Å². The van der Waals surface area contributed by atoms with Crippen LogP contribution in [0.3, 0.4) is 0 Å². The molecule has 0 aromatic heterocycles. The molecule has 0 aliphatic carbocycles. The van der Waals surface area contributed by atoms with Gasteiger partial charge in [-0.15, -0.1) is 0 Å². The van der Waals surface area contributed by atoms with E-state index < -0.39 is 32.5 Å². The van der Waals surface area contributed by atoms with Crippen LogP contribution in [0.2, 0.25) is 0 Å². The van der Waals surface area contributed by atoms with Crippen molar-refractivity contribution >= 4 is 10.0 Å². The highest BCUT2D eigenvalue weighted by Crippen LogP contribution is 2.32. The Balaban J connectivity index is 2.15. The van der Waals surface area contributed by atoms with E-state index in [1.807, 2.05) is 0 Å². The van der Waals surface area contributed by atoms with Gasteiger partial charge in [0.25, 0.3) is 0 Å². The van der Waals surface area contributed by atoms with Crippen molar-refractivity contribution in [3.8, 4) is 0 Å². The maximum atomic E-state index is 13.2. The van der Waals surface area contributed by atoms with Gasteiger partial charge in [0, 0.05) is 6.54 Å². The van der Waals surface area contributed by atoms with E-state index in [-0.39, 0.29) is 12.5 Å². The average molecular weight is 340 g/mol. The summed E-state index contributed by atoms with van der Waals surface area (Å²) in [5, 5.41) is 3.11. The highest BCUT2D eigenvalue weighted by molar-refractivity contribution is 7.89. The molecule has 0 amide bonds. The molecule has 4 nitrogen and oxygen atoms in total. The zero-order chi connectivity index (χ0) is 16.4. The Bertz CT molecular complexity index is 625. The van der Waals surface area contributed by atoms with Crippen LogP contribution in [-0.4, -0.2) is 28.1 Å². The number of piperidine rings is 1. The fourth-order valence-electron chi connectivity index (χ4n) is 2.30. The molecule has 124 valence electrons. The molecule has 2 rings (SSSR count). The summed E-state index contributed by atoms with van der Waals surface area (Å²) >= 11 is 0. The minimum atomic E-state index is -4.94. The summed E-state index contributed by atoms with van der Waals surface area (Å²) in [6, 6.07) is 1.66. The summed E-state index contributed by atoms with van der Waals surface area (Å²) in [7, 11) is -4.10. The highest BCUT2D eigenvalue weighted by Gasteiger charge is 2.35. The molecular formula is C13H16F4N2O2S. The van der Waals surface area contributed by atoms with Gasteiger partial charge in [-0.25, -0.2) is 17.5 Å². The largest absolute Gasteiger partial charge is 0.419 e. The number of rotatable bonds is 4. The second kappa shape index (κ2) is 6.51. The lowest BCUT2D eigenvalue weighted by molar-refractivity contribution is -0.140. The van der Waals surface area contributed by atoms with Crippen LogP contribution in [-0.2, 0) is 16.2 Å². The second-order valence-electron chi connectivity index (χ2n) is 5.20. The number of alkyl halides is 3. The first-order chi connectivity index (χ1) is 10.2. The standard InChI is InChI=1S/C13H16F4N2O2S/c14-12-4-3-10(6-11(12)13(15,16)17)22(20,21)19-8-9-2-1-5-18-7-9/h3-4,6,9,18-19H,1-2,5,7-8H2/t9-/m1/s1. The molecule has 0 bridgehead atoms. The van der Waals surface area contributed by atoms with Crippen molar-refractivity contribution in [3.63, 3.8) is 0 Å². The molecule has 0 saturated carbocycles. The molecule has 2 N–H and O–H groups in total. The van der Waals surface area contributed by atoms with E-state index in [4.69, 9.17) is 0 Å². The third kappa shape index (κ3) is 4.17. The van der Waals surface area contributed by atoms with E-state index >= 15 is 0 Å². The normalized spacial score (nSPS) is 20.1. The van der Waals surface area contributed by atoms with Crippen LogP contribution in [0.15, 0.2) is 23.1 Å². The molecule has 22 heavy (non-hydrogen) atoms. The molecule has 0 spiro atoms. The minimum Gasteiger partial charge on any atom is -0.316 e. The van der Waals surface area contributed by atoms with Crippen molar-refractivity contribution in [1.29, 1.82) is 0 Å². The molecule has 1 aliphatic rings. The van der Waals surface area contributed by atoms with Gasteiger partial charge in [-0.05, 0) is 50.0 Å². The van der Waals surface area contributed by atoms with Crippen molar-refractivity contribution < 1.29 is 26.0 Å². The summed E-state index contributed by atoms with van der Waals surface area (Å²) in [6.45, 7) is 1.66. The van der Waals surface area contributed by atoms with Crippen LogP contribution in [0.1, 0.15) is 18.4 Å². The fraction of sp³-hybridized carbons (Fsp3) is 0.538. The topological polar surface area (TPSA) is 58.2 Å². The lowest BCUT2D eigenvalue weighted by atomic mass is 10.0. The van der Waals surface area contributed by atoms with E-state index in [0.717, 1.165) is 25.5 Å². The van der Waals surface area contributed by atoms with Crippen LogP contribution in [0, 0.1) is 11.7 Å². The Morgan fingerprint density at radius 2 is 2.05 bits per heavy atom. The summed E-state index contributed by atoms with van der Waals surface area (Å²) in [5.41, 5.74) is -1.59. The Morgan fingerprint density at radius 3 is 2.64 bits per heavy atom. The Morgan fingerprint density at radius 1 is 1.32 bits per heavy atom. The predicted octanol–water partition coefficient (Wildman–Crippen LogP) is 2.12. The van der Waals surface area contributed by atoms with Gasteiger partial charge in [0.1, 0.15) is 5.82 Å². The van der Waals surface area contributed by atoms with Gasteiger partial charge < -0.3 is 5.32 Å². The quantitative estimate of drug-likeness (QED) is 0.826. The third-order valence-electron chi connectivity index (χ3n) is 3.51. The lowest BCUT2D eigenvalue weighted by Crippen LogP contribution is -2.38. The van der Waals surface area contributed by atoms with Crippen LogP contribution in [0.5, 0.6) is 0 Å².